The van der Waals surface area contributed by atoms with E-state index in [4.69, 9.17) is 0 Å². The molecule has 94 valence electrons. The largest absolute Gasteiger partial charge is 0.469 e. The number of hydrogen-bond acceptors (Lipinski definition) is 4. The molecule has 0 aliphatic carbocycles. The highest BCUT2D eigenvalue weighted by Crippen LogP contribution is 2.34. The van der Waals surface area contributed by atoms with Crippen molar-refractivity contribution in [2.75, 3.05) is 14.2 Å². The van der Waals surface area contributed by atoms with Crippen LogP contribution >= 0.6 is 0 Å². The Kier molecular flexibility index (Phi) is 6.08. The van der Waals surface area contributed by atoms with E-state index in [1.165, 1.54) is 14.2 Å². The van der Waals surface area contributed by atoms with E-state index < -0.39 is 0 Å². The van der Waals surface area contributed by atoms with Gasteiger partial charge in [0.1, 0.15) is 0 Å². The van der Waals surface area contributed by atoms with Gasteiger partial charge in [-0.25, -0.2) is 0 Å². The summed E-state index contributed by atoms with van der Waals surface area (Å²) in [5.41, 5.74) is -0.0810. The van der Waals surface area contributed by atoms with Crippen LogP contribution in [0.4, 0.5) is 0 Å². The third-order valence-corrected chi connectivity index (χ3v) is 3.24. The number of carbonyl (C=O) groups is 2. The lowest BCUT2D eigenvalue weighted by atomic mass is 9.75. The molecule has 0 heterocycles. The summed E-state index contributed by atoms with van der Waals surface area (Å²) in [6.07, 6.45) is 1.47. The van der Waals surface area contributed by atoms with Gasteiger partial charge in [-0.15, -0.1) is 0 Å². The summed E-state index contributed by atoms with van der Waals surface area (Å²) in [4.78, 5) is 22.2. The molecule has 0 aromatic rings. The molecule has 0 spiro atoms. The molecule has 16 heavy (non-hydrogen) atoms. The Morgan fingerprint density at radius 3 is 2.06 bits per heavy atom. The third-order valence-electron chi connectivity index (χ3n) is 3.24. The molecule has 1 unspecified atom stereocenters. The van der Waals surface area contributed by atoms with Crippen molar-refractivity contribution in [1.29, 1.82) is 0 Å². The van der Waals surface area contributed by atoms with Gasteiger partial charge in [0.2, 0.25) is 0 Å². The molecule has 0 radical (unpaired) electrons. The van der Waals surface area contributed by atoms with Gasteiger partial charge in [-0.3, -0.25) is 9.59 Å². The van der Waals surface area contributed by atoms with Crippen LogP contribution < -0.4 is 0 Å². The maximum Gasteiger partial charge on any atom is 0.305 e. The van der Waals surface area contributed by atoms with E-state index in [2.05, 4.69) is 9.47 Å². The lowest BCUT2D eigenvalue weighted by Crippen LogP contribution is -2.25. The van der Waals surface area contributed by atoms with E-state index in [9.17, 15) is 9.59 Å². The standard InChI is InChI=1S/C12H22O4/c1-9(8-11(14)16-5)12(2,3)7-6-10(13)15-4/h9H,6-8H2,1-5H3. The van der Waals surface area contributed by atoms with Crippen molar-refractivity contribution in [3.8, 4) is 0 Å². The van der Waals surface area contributed by atoms with Crippen molar-refractivity contribution in [3.05, 3.63) is 0 Å². The summed E-state index contributed by atoms with van der Waals surface area (Å²) in [7, 11) is 2.77. The average Bonchev–Trinajstić information content (AvgIpc) is 2.25. The zero-order chi connectivity index (χ0) is 12.8. The first-order valence-electron chi connectivity index (χ1n) is 5.47. The van der Waals surface area contributed by atoms with Crippen molar-refractivity contribution in [1.82, 2.24) is 0 Å². The highest BCUT2D eigenvalue weighted by molar-refractivity contribution is 5.70. The van der Waals surface area contributed by atoms with Crippen LogP contribution in [0.2, 0.25) is 0 Å². The highest BCUT2D eigenvalue weighted by atomic mass is 16.5. The van der Waals surface area contributed by atoms with Crippen molar-refractivity contribution in [3.63, 3.8) is 0 Å². The second-order valence-electron chi connectivity index (χ2n) is 4.75. The van der Waals surface area contributed by atoms with Gasteiger partial charge >= 0.3 is 11.9 Å². The fraction of sp³-hybridized carbons (Fsp3) is 0.833. The van der Waals surface area contributed by atoms with Gasteiger partial charge in [-0.2, -0.15) is 0 Å². The topological polar surface area (TPSA) is 52.6 Å². The van der Waals surface area contributed by atoms with Crippen LogP contribution in [0.3, 0.4) is 0 Å². The first kappa shape index (κ1) is 14.9. The van der Waals surface area contributed by atoms with E-state index >= 15 is 0 Å². The summed E-state index contributed by atoms with van der Waals surface area (Å²) in [5, 5.41) is 0. The number of ether oxygens (including phenoxy) is 2. The molecular weight excluding hydrogens is 208 g/mol. The summed E-state index contributed by atoms with van der Waals surface area (Å²) in [5.74, 6) is -0.249. The quantitative estimate of drug-likeness (QED) is 0.656. The fourth-order valence-corrected chi connectivity index (χ4v) is 1.38. The fourth-order valence-electron chi connectivity index (χ4n) is 1.38. The van der Waals surface area contributed by atoms with Gasteiger partial charge in [-0.1, -0.05) is 20.8 Å². The second-order valence-corrected chi connectivity index (χ2v) is 4.75. The van der Waals surface area contributed by atoms with Gasteiger partial charge in [-0.05, 0) is 17.8 Å². The van der Waals surface area contributed by atoms with Crippen LogP contribution in [0.1, 0.15) is 40.0 Å². The predicted octanol–water partition coefficient (Wildman–Crippen LogP) is 2.17. The maximum absolute atomic E-state index is 11.1. The Morgan fingerprint density at radius 2 is 1.62 bits per heavy atom. The molecular formula is C12H22O4. The molecule has 0 fully saturated rings. The summed E-state index contributed by atoms with van der Waals surface area (Å²) < 4.78 is 9.23. The smallest absolute Gasteiger partial charge is 0.305 e. The van der Waals surface area contributed by atoms with E-state index in [0.717, 1.165) is 0 Å². The summed E-state index contributed by atoms with van der Waals surface area (Å²) in [6, 6.07) is 0. The van der Waals surface area contributed by atoms with Gasteiger partial charge in [0.05, 0.1) is 14.2 Å². The Morgan fingerprint density at radius 1 is 1.12 bits per heavy atom. The minimum absolute atomic E-state index is 0.0810. The predicted molar refractivity (Wildman–Crippen MR) is 60.8 cm³/mol. The summed E-state index contributed by atoms with van der Waals surface area (Å²) in [6.45, 7) is 6.08. The van der Waals surface area contributed by atoms with E-state index in [1.54, 1.807) is 0 Å². The number of hydrogen-bond donors (Lipinski definition) is 0. The van der Waals surface area contributed by atoms with Crippen LogP contribution in [0.25, 0.3) is 0 Å². The molecule has 0 rings (SSSR count). The van der Waals surface area contributed by atoms with Gasteiger partial charge < -0.3 is 9.47 Å². The zero-order valence-electron chi connectivity index (χ0n) is 10.8. The average molecular weight is 230 g/mol. The normalized spacial score (nSPS) is 13.1. The lowest BCUT2D eigenvalue weighted by Gasteiger charge is -2.30. The van der Waals surface area contributed by atoms with Gasteiger partial charge in [0.15, 0.2) is 0 Å². The molecule has 4 nitrogen and oxygen atoms in total. The molecule has 4 heteroatoms. The number of carbonyl (C=O) groups excluding carboxylic acids is 2. The Balaban J connectivity index is 4.19. The second kappa shape index (κ2) is 6.51. The maximum atomic E-state index is 11.1. The molecule has 0 bridgehead atoms. The number of rotatable bonds is 6. The molecule has 0 saturated heterocycles. The highest BCUT2D eigenvalue weighted by Gasteiger charge is 2.28. The third kappa shape index (κ3) is 5.14. The van der Waals surface area contributed by atoms with E-state index in [1.807, 2.05) is 20.8 Å². The van der Waals surface area contributed by atoms with Gasteiger partial charge in [0.25, 0.3) is 0 Å². The van der Waals surface area contributed by atoms with Crippen molar-refractivity contribution in [2.24, 2.45) is 11.3 Å². The molecule has 0 amide bonds. The van der Waals surface area contributed by atoms with E-state index in [0.29, 0.717) is 19.3 Å². The zero-order valence-corrected chi connectivity index (χ0v) is 10.8. The van der Waals surface area contributed by atoms with Crippen molar-refractivity contribution >= 4 is 11.9 Å². The van der Waals surface area contributed by atoms with Gasteiger partial charge in [0, 0.05) is 12.8 Å². The molecule has 0 aromatic heterocycles. The van der Waals surface area contributed by atoms with Crippen LogP contribution in [0, 0.1) is 11.3 Å². The summed E-state index contributed by atoms with van der Waals surface area (Å²) >= 11 is 0. The molecule has 0 aliphatic rings. The Labute approximate surface area is 97.3 Å². The van der Waals surface area contributed by atoms with Crippen LogP contribution in [0.5, 0.6) is 0 Å². The van der Waals surface area contributed by atoms with Crippen molar-refractivity contribution in [2.45, 2.75) is 40.0 Å². The Hall–Kier alpha value is -1.06. The Bertz CT molecular complexity index is 245. The first-order valence-corrected chi connectivity index (χ1v) is 5.47. The number of esters is 2. The monoisotopic (exact) mass is 230 g/mol. The molecule has 0 saturated carbocycles. The van der Waals surface area contributed by atoms with Crippen LogP contribution in [-0.2, 0) is 19.1 Å². The molecule has 0 aliphatic heterocycles. The lowest BCUT2D eigenvalue weighted by molar-refractivity contribution is -0.142. The van der Waals surface area contributed by atoms with E-state index in [-0.39, 0.29) is 23.3 Å². The minimum atomic E-state index is -0.210. The van der Waals surface area contributed by atoms with Crippen LogP contribution in [-0.4, -0.2) is 26.2 Å². The minimum Gasteiger partial charge on any atom is -0.469 e. The molecule has 1 atom stereocenters. The SMILES string of the molecule is COC(=O)CCC(C)(C)C(C)CC(=O)OC. The van der Waals surface area contributed by atoms with Crippen molar-refractivity contribution < 1.29 is 19.1 Å². The first-order chi connectivity index (χ1) is 7.33. The molecule has 0 N–H and O–H groups in total. The van der Waals surface area contributed by atoms with Crippen LogP contribution in [0.15, 0.2) is 0 Å². The number of methoxy groups -OCH3 is 2. The molecule has 0 aromatic carbocycles.